The number of rotatable bonds is 38. The SMILES string of the molecule is C=C(OC(=O)CC(C)(C)c1c(C)cc(C)cc1NC(=O)[C@H](CC(C)C)NC(=O)[C@H](Cc1ccc(OCC[Si](C)(C)C)cc1)NC(=O)[C@H](CCc1ccccc1)NC(=O)CNC(=O)[C@H](CC(C)C)NC(=O)[C@@H]1CCCN1C(C)=O)C(=O)c1ccc(CC(=O)NCCNC(=O)OCC2c3ccccc3-c3ccccc32)cc1. The van der Waals surface area contributed by atoms with Crippen LogP contribution in [0, 0.1) is 25.7 Å². The standard InChI is InChI=1S/C86H109N9O14Si/c1-53(2)44-71(94-84(105)74-28-21-41-95(74)58(8)96)80(101)89-51-76(98)90-69(38-33-59-22-15-14-16-23-59)81(102)93-73(48-60-31-36-63(37-32-60)107-42-43-110(11,12)13)83(104)92-72(45-54(3)4)82(103)91-70-47-55(5)46-56(6)78(70)86(9,10)50-77(99)109-57(7)79(100)62-34-29-61(30-35-62)49-75(97)87-39-40-88-85(106)108-52-68-66-26-19-17-24-64(66)65-25-18-20-27-67(65)68/h14-20,22-27,29-32,34-37,46-47,53-54,68-69,71-74H,7,21,28,33,38-45,48-52H2,1-6,8-13H3,(H,87,97)(H,88,106)(H,89,101)(H,90,98)(H,91,103)(H,92,104)(H,93,102)(H,94,105)/t69-,71-,72-,73-,74-/m0/s1. The lowest BCUT2D eigenvalue weighted by atomic mass is 9.77. The van der Waals surface area contributed by atoms with E-state index in [1.165, 1.54) is 24.0 Å². The van der Waals surface area contributed by atoms with E-state index >= 15 is 4.79 Å². The number of esters is 1. The second-order valence-electron chi connectivity index (χ2n) is 31.4. The van der Waals surface area contributed by atoms with Crippen LogP contribution in [0.1, 0.15) is 148 Å². The van der Waals surface area contributed by atoms with E-state index in [9.17, 15) is 47.9 Å². The molecule has 8 N–H and O–H groups in total. The van der Waals surface area contributed by atoms with Gasteiger partial charge in [-0.15, -0.1) is 0 Å². The predicted molar refractivity (Wildman–Crippen MR) is 427 cm³/mol. The van der Waals surface area contributed by atoms with Crippen molar-refractivity contribution in [3.63, 3.8) is 0 Å². The van der Waals surface area contributed by atoms with E-state index < -0.39 is 109 Å². The molecule has 1 saturated heterocycles. The smallest absolute Gasteiger partial charge is 0.407 e. The van der Waals surface area contributed by atoms with Crippen LogP contribution in [0.3, 0.4) is 0 Å². The van der Waals surface area contributed by atoms with Crippen molar-refractivity contribution in [1.82, 2.24) is 42.1 Å². The van der Waals surface area contributed by atoms with Crippen molar-refractivity contribution in [2.75, 3.05) is 44.7 Å². The molecule has 24 heteroatoms. The second kappa shape index (κ2) is 39.6. The molecule has 6 aromatic carbocycles. The largest absolute Gasteiger partial charge is 0.494 e. The predicted octanol–water partition coefficient (Wildman–Crippen LogP) is 10.8. The number of nitrogens with one attached hydrogen (secondary N) is 8. The number of nitrogens with zero attached hydrogens (tertiary/aromatic N) is 1. The highest BCUT2D eigenvalue weighted by atomic mass is 28.3. The second-order valence-corrected chi connectivity index (χ2v) is 37.1. The number of amides is 9. The highest BCUT2D eigenvalue weighted by Gasteiger charge is 2.38. The molecule has 1 aliphatic carbocycles. The lowest BCUT2D eigenvalue weighted by Gasteiger charge is -2.30. The Hall–Kier alpha value is -10.8. The molecule has 23 nitrogen and oxygen atoms in total. The first-order valence-corrected chi connectivity index (χ1v) is 41.8. The highest BCUT2D eigenvalue weighted by molar-refractivity contribution is 6.76. The number of fused-ring (bicyclic) bond motifs is 3. The van der Waals surface area contributed by atoms with Crippen molar-refractivity contribution in [2.24, 2.45) is 11.8 Å². The Balaban J connectivity index is 0.901. The molecule has 586 valence electrons. The number of carbonyl (C=O) groups is 11. The summed E-state index contributed by atoms with van der Waals surface area (Å²) in [7, 11) is -1.41. The number of aryl methyl sites for hydroxylation is 3. The summed E-state index contributed by atoms with van der Waals surface area (Å²) in [6, 6.07) is 37.9. The summed E-state index contributed by atoms with van der Waals surface area (Å²) in [6.07, 6.45) is 0.929. The van der Waals surface area contributed by atoms with Crippen LogP contribution in [-0.4, -0.2) is 148 Å². The van der Waals surface area contributed by atoms with Gasteiger partial charge in [0, 0.05) is 63.6 Å². The third kappa shape index (κ3) is 25.2. The number of likely N-dealkylation sites (tertiary alicyclic amines) is 1. The maximum atomic E-state index is 15.1. The van der Waals surface area contributed by atoms with Crippen LogP contribution in [0.2, 0.25) is 25.7 Å². The van der Waals surface area contributed by atoms with E-state index in [4.69, 9.17) is 14.2 Å². The first kappa shape index (κ1) is 84.9. The molecule has 0 saturated carbocycles. The molecular weight excluding hydrogens is 1410 g/mol. The fourth-order valence-corrected chi connectivity index (χ4v) is 14.8. The minimum Gasteiger partial charge on any atom is -0.494 e. The number of alkyl carbamates (subject to hydrolysis) is 1. The Bertz CT molecular complexity index is 4240. The van der Waals surface area contributed by atoms with Crippen molar-refractivity contribution in [3.8, 4) is 16.9 Å². The van der Waals surface area contributed by atoms with Crippen molar-refractivity contribution < 1.29 is 67.0 Å². The number of anilines is 1. The normalized spacial score (nSPS) is 14.3. The Morgan fingerprint density at radius 1 is 0.627 bits per heavy atom. The number of hydrogen-bond donors (Lipinski definition) is 8. The molecule has 0 bridgehead atoms. The van der Waals surface area contributed by atoms with E-state index in [0.717, 1.165) is 45.0 Å². The number of Topliss-reactive ketones (excluding diaryl/α,β-unsaturated/α-hetero) is 1. The summed E-state index contributed by atoms with van der Waals surface area (Å²) in [4.78, 5) is 153. The Morgan fingerprint density at radius 3 is 1.85 bits per heavy atom. The number of carbonyl (C=O) groups excluding carboxylic acids is 11. The van der Waals surface area contributed by atoms with Crippen LogP contribution in [0.5, 0.6) is 5.75 Å². The first-order valence-electron chi connectivity index (χ1n) is 38.0. The lowest BCUT2D eigenvalue weighted by molar-refractivity contribution is -0.140. The lowest BCUT2D eigenvalue weighted by Crippen LogP contribution is -2.58. The average molecular weight is 1520 g/mol. The molecule has 1 aliphatic heterocycles. The average Bonchev–Trinajstić information content (AvgIpc) is 1.59. The van der Waals surface area contributed by atoms with Crippen molar-refractivity contribution in [1.29, 1.82) is 0 Å². The van der Waals surface area contributed by atoms with Gasteiger partial charge < -0.3 is 61.6 Å². The van der Waals surface area contributed by atoms with E-state index in [2.05, 4.69) is 80.9 Å². The van der Waals surface area contributed by atoms with Gasteiger partial charge >= 0.3 is 12.1 Å². The molecule has 0 spiro atoms. The van der Waals surface area contributed by atoms with E-state index in [1.807, 2.05) is 114 Å². The summed E-state index contributed by atoms with van der Waals surface area (Å²) in [5, 5.41) is 22.7. The highest BCUT2D eigenvalue weighted by Crippen LogP contribution is 2.45. The fraction of sp³-hybridized carbons (Fsp3) is 0.430. The molecule has 6 aromatic rings. The molecule has 1 fully saturated rings. The summed E-state index contributed by atoms with van der Waals surface area (Å²) >= 11 is 0. The summed E-state index contributed by atoms with van der Waals surface area (Å²) < 4.78 is 17.3. The van der Waals surface area contributed by atoms with Crippen molar-refractivity contribution in [2.45, 2.75) is 187 Å². The number of hydrogen-bond acceptors (Lipinski definition) is 14. The number of ketones is 1. The van der Waals surface area contributed by atoms with Crippen molar-refractivity contribution in [3.05, 3.63) is 202 Å². The summed E-state index contributed by atoms with van der Waals surface area (Å²) in [6.45, 7) is 27.7. The number of ether oxygens (including phenoxy) is 3. The molecule has 8 rings (SSSR count). The Labute approximate surface area is 647 Å². The molecule has 5 atom stereocenters. The van der Waals surface area contributed by atoms with Gasteiger partial charge in [-0.1, -0.05) is 189 Å². The zero-order valence-electron chi connectivity index (χ0n) is 65.6. The Morgan fingerprint density at radius 2 is 1.22 bits per heavy atom. The molecule has 0 radical (unpaired) electrons. The van der Waals surface area contributed by atoms with E-state index in [0.29, 0.717) is 60.5 Å². The van der Waals surface area contributed by atoms with Crippen LogP contribution in [0.25, 0.3) is 11.1 Å². The first-order chi connectivity index (χ1) is 52.2. The monoisotopic (exact) mass is 1520 g/mol. The van der Waals surface area contributed by atoms with Gasteiger partial charge in [-0.2, -0.15) is 0 Å². The van der Waals surface area contributed by atoms with Gasteiger partial charge in [-0.25, -0.2) is 4.79 Å². The molecule has 2 aliphatic rings. The molecule has 1 heterocycles. The quantitative estimate of drug-likeness (QED) is 0.00446. The zero-order valence-corrected chi connectivity index (χ0v) is 66.6. The van der Waals surface area contributed by atoms with Crippen LogP contribution < -0.4 is 47.3 Å². The number of benzene rings is 6. The third-order valence-corrected chi connectivity index (χ3v) is 21.2. The van der Waals surface area contributed by atoms with E-state index in [1.54, 1.807) is 56.3 Å². The molecular formula is C86H109N9O14Si. The molecule has 110 heavy (non-hydrogen) atoms. The third-order valence-electron chi connectivity index (χ3n) is 19.5. The molecule has 0 aromatic heterocycles. The van der Waals surface area contributed by atoms with Gasteiger partial charge in [0.1, 0.15) is 42.6 Å². The topological polar surface area (TPSA) is 315 Å². The maximum Gasteiger partial charge on any atom is 0.407 e. The van der Waals surface area contributed by atoms with Gasteiger partial charge in [0.25, 0.3) is 0 Å². The van der Waals surface area contributed by atoms with Gasteiger partial charge in [0.15, 0.2) is 5.76 Å². The Kier molecular flexibility index (Phi) is 30.5. The van der Waals surface area contributed by atoms with Crippen LogP contribution in [0.4, 0.5) is 10.5 Å². The van der Waals surface area contributed by atoms with Gasteiger partial charge in [0.2, 0.25) is 53.0 Å². The van der Waals surface area contributed by atoms with Crippen molar-refractivity contribution >= 4 is 78.9 Å². The van der Waals surface area contributed by atoms with Gasteiger partial charge in [0.05, 0.1) is 26.0 Å². The summed E-state index contributed by atoms with van der Waals surface area (Å²) in [5.41, 5.74) is 8.09. The van der Waals surface area contributed by atoms with Gasteiger partial charge in [-0.3, -0.25) is 47.9 Å². The van der Waals surface area contributed by atoms with Crippen LogP contribution in [0.15, 0.2) is 152 Å². The maximum absolute atomic E-state index is 15.1. The molecule has 9 amide bonds. The minimum atomic E-state index is -1.41. The molecule has 0 unspecified atom stereocenters. The van der Waals surface area contributed by atoms with Gasteiger partial charge in [-0.05, 0) is 144 Å². The number of allylic oxidation sites excluding steroid dienone is 1. The fourth-order valence-electron chi connectivity index (χ4n) is 14.1. The summed E-state index contributed by atoms with van der Waals surface area (Å²) in [5.74, 6) is -5.90. The minimum absolute atomic E-state index is 0.0189. The van der Waals surface area contributed by atoms with E-state index in [-0.39, 0.29) is 93.4 Å². The van der Waals surface area contributed by atoms with Crippen LogP contribution >= 0.6 is 0 Å². The van der Waals surface area contributed by atoms with Crippen LogP contribution in [-0.2, 0) is 77.3 Å². The zero-order chi connectivity index (χ0) is 80.0.